The third-order valence-electron chi connectivity index (χ3n) is 2.83. The summed E-state index contributed by atoms with van der Waals surface area (Å²) < 4.78 is 12.9. The lowest BCUT2D eigenvalue weighted by Crippen LogP contribution is -2.06. The molecule has 0 saturated carbocycles. The van der Waals surface area contributed by atoms with Gasteiger partial charge in [-0.2, -0.15) is 0 Å². The molecular formula is C14H16FN3. The zero-order valence-corrected chi connectivity index (χ0v) is 10.7. The fourth-order valence-electron chi connectivity index (χ4n) is 1.70. The molecule has 0 spiro atoms. The van der Waals surface area contributed by atoms with E-state index >= 15 is 0 Å². The first-order valence-electron chi connectivity index (χ1n) is 5.89. The Bertz CT molecular complexity index is 562. The lowest BCUT2D eigenvalue weighted by atomic mass is 10.1. The number of hydrogen-bond acceptors (Lipinski definition) is 3. The minimum Gasteiger partial charge on any atom is -0.383 e. The molecular weight excluding hydrogens is 229 g/mol. The van der Waals surface area contributed by atoms with Crippen LogP contribution in [0.15, 0.2) is 24.3 Å². The first-order chi connectivity index (χ1) is 8.49. The molecule has 0 fully saturated rings. The van der Waals surface area contributed by atoms with Crippen molar-refractivity contribution in [3.63, 3.8) is 0 Å². The van der Waals surface area contributed by atoms with Crippen molar-refractivity contribution < 1.29 is 4.39 Å². The van der Waals surface area contributed by atoms with E-state index in [4.69, 9.17) is 5.73 Å². The highest BCUT2D eigenvalue weighted by Crippen LogP contribution is 2.26. The van der Waals surface area contributed by atoms with E-state index in [1.165, 1.54) is 12.1 Å². The van der Waals surface area contributed by atoms with Gasteiger partial charge in [-0.1, -0.05) is 13.8 Å². The molecule has 1 aromatic heterocycles. The molecule has 0 atom stereocenters. The van der Waals surface area contributed by atoms with Crippen molar-refractivity contribution >= 4 is 5.82 Å². The molecule has 0 radical (unpaired) electrons. The summed E-state index contributed by atoms with van der Waals surface area (Å²) in [5.74, 6) is 1.13. The van der Waals surface area contributed by atoms with E-state index in [1.54, 1.807) is 12.1 Å². The minimum absolute atomic E-state index is 0.201. The van der Waals surface area contributed by atoms with Crippen LogP contribution in [0.2, 0.25) is 0 Å². The summed E-state index contributed by atoms with van der Waals surface area (Å²) >= 11 is 0. The maximum Gasteiger partial charge on any atom is 0.133 e. The second-order valence-corrected chi connectivity index (χ2v) is 4.60. The van der Waals surface area contributed by atoms with Gasteiger partial charge in [-0.3, -0.25) is 0 Å². The SMILES string of the molecule is Cc1c(N)nc(C(C)C)nc1-c1ccc(F)cc1. The quantitative estimate of drug-likeness (QED) is 0.883. The predicted octanol–water partition coefficient (Wildman–Crippen LogP) is 3.30. The molecule has 1 heterocycles. The van der Waals surface area contributed by atoms with Crippen LogP contribution in [0.5, 0.6) is 0 Å². The molecule has 3 nitrogen and oxygen atoms in total. The topological polar surface area (TPSA) is 51.8 Å². The molecule has 94 valence electrons. The zero-order chi connectivity index (χ0) is 13.3. The highest BCUT2D eigenvalue weighted by atomic mass is 19.1. The third-order valence-corrected chi connectivity index (χ3v) is 2.83. The van der Waals surface area contributed by atoms with E-state index in [1.807, 2.05) is 20.8 Å². The molecule has 2 rings (SSSR count). The number of nitrogens with zero attached hydrogens (tertiary/aromatic N) is 2. The van der Waals surface area contributed by atoms with Crippen molar-refractivity contribution in [2.24, 2.45) is 0 Å². The molecule has 0 saturated heterocycles. The van der Waals surface area contributed by atoms with Crippen LogP contribution in [0.25, 0.3) is 11.3 Å². The van der Waals surface area contributed by atoms with Crippen LogP contribution in [-0.4, -0.2) is 9.97 Å². The van der Waals surface area contributed by atoms with E-state index < -0.39 is 0 Å². The number of rotatable bonds is 2. The number of hydrogen-bond donors (Lipinski definition) is 1. The van der Waals surface area contributed by atoms with Crippen LogP contribution >= 0.6 is 0 Å². The summed E-state index contributed by atoms with van der Waals surface area (Å²) in [5.41, 5.74) is 8.35. The zero-order valence-electron chi connectivity index (χ0n) is 10.7. The molecule has 0 amide bonds. The van der Waals surface area contributed by atoms with Crippen LogP contribution in [0.1, 0.15) is 31.2 Å². The molecule has 0 unspecified atom stereocenters. The second-order valence-electron chi connectivity index (χ2n) is 4.60. The van der Waals surface area contributed by atoms with Gasteiger partial charge < -0.3 is 5.73 Å². The van der Waals surface area contributed by atoms with Gasteiger partial charge in [-0.15, -0.1) is 0 Å². The Morgan fingerprint density at radius 3 is 2.28 bits per heavy atom. The first kappa shape index (κ1) is 12.5. The lowest BCUT2D eigenvalue weighted by molar-refractivity contribution is 0.628. The lowest BCUT2D eigenvalue weighted by Gasteiger charge is -2.12. The summed E-state index contributed by atoms with van der Waals surface area (Å²) in [7, 11) is 0. The number of anilines is 1. The summed E-state index contributed by atoms with van der Waals surface area (Å²) in [6.07, 6.45) is 0. The maximum absolute atomic E-state index is 12.9. The number of halogens is 1. The van der Waals surface area contributed by atoms with Gasteiger partial charge in [0.05, 0.1) is 5.69 Å². The third kappa shape index (κ3) is 2.32. The first-order valence-corrected chi connectivity index (χ1v) is 5.89. The van der Waals surface area contributed by atoms with Gasteiger partial charge in [-0.05, 0) is 31.2 Å². The molecule has 0 aliphatic rings. The standard InChI is InChI=1S/C14H16FN3/c1-8(2)14-17-12(9(3)13(16)18-14)10-4-6-11(15)7-5-10/h4-8H,1-3H3,(H2,16,17,18). The van der Waals surface area contributed by atoms with E-state index in [0.717, 1.165) is 16.8 Å². The molecule has 2 aromatic rings. The Balaban J connectivity index is 2.59. The predicted molar refractivity (Wildman–Crippen MR) is 70.7 cm³/mol. The molecule has 1 aromatic carbocycles. The Labute approximate surface area is 106 Å². The summed E-state index contributed by atoms with van der Waals surface area (Å²) in [5, 5.41) is 0. The highest BCUT2D eigenvalue weighted by Gasteiger charge is 2.12. The average Bonchev–Trinajstić information content (AvgIpc) is 2.33. The van der Waals surface area contributed by atoms with Gasteiger partial charge >= 0.3 is 0 Å². The van der Waals surface area contributed by atoms with Crippen molar-refractivity contribution in [1.29, 1.82) is 0 Å². The normalized spacial score (nSPS) is 10.9. The van der Waals surface area contributed by atoms with E-state index in [2.05, 4.69) is 9.97 Å². The monoisotopic (exact) mass is 245 g/mol. The maximum atomic E-state index is 12.9. The Hall–Kier alpha value is -1.97. The summed E-state index contributed by atoms with van der Waals surface area (Å²) in [6, 6.07) is 6.24. The van der Waals surface area contributed by atoms with Crippen LogP contribution in [0.3, 0.4) is 0 Å². The molecule has 4 heteroatoms. The molecule has 18 heavy (non-hydrogen) atoms. The van der Waals surface area contributed by atoms with Gasteiger partial charge in [0.15, 0.2) is 0 Å². The van der Waals surface area contributed by atoms with Crippen molar-refractivity contribution in [2.45, 2.75) is 26.7 Å². The van der Waals surface area contributed by atoms with Crippen molar-refractivity contribution in [2.75, 3.05) is 5.73 Å². The number of nitrogen functional groups attached to an aromatic ring is 1. The van der Waals surface area contributed by atoms with Crippen LogP contribution in [-0.2, 0) is 0 Å². The van der Waals surface area contributed by atoms with Gasteiger partial charge in [0.25, 0.3) is 0 Å². The van der Waals surface area contributed by atoms with Crippen LogP contribution in [0.4, 0.5) is 10.2 Å². The van der Waals surface area contributed by atoms with Gasteiger partial charge in [0, 0.05) is 17.0 Å². The average molecular weight is 245 g/mol. The summed E-state index contributed by atoms with van der Waals surface area (Å²) in [4.78, 5) is 8.79. The molecule has 2 N–H and O–H groups in total. The Kier molecular flexibility index (Phi) is 3.28. The fraction of sp³-hybridized carbons (Fsp3) is 0.286. The van der Waals surface area contributed by atoms with Crippen LogP contribution in [0, 0.1) is 12.7 Å². The van der Waals surface area contributed by atoms with E-state index in [9.17, 15) is 4.39 Å². The molecule has 0 bridgehead atoms. The largest absolute Gasteiger partial charge is 0.383 e. The number of benzene rings is 1. The van der Waals surface area contributed by atoms with E-state index in [-0.39, 0.29) is 11.7 Å². The summed E-state index contributed by atoms with van der Waals surface area (Å²) in [6.45, 7) is 5.90. The highest BCUT2D eigenvalue weighted by molar-refractivity contribution is 5.67. The Morgan fingerprint density at radius 1 is 1.11 bits per heavy atom. The van der Waals surface area contributed by atoms with Gasteiger partial charge in [-0.25, -0.2) is 14.4 Å². The van der Waals surface area contributed by atoms with Gasteiger partial charge in [0.2, 0.25) is 0 Å². The van der Waals surface area contributed by atoms with Crippen molar-refractivity contribution in [1.82, 2.24) is 9.97 Å². The van der Waals surface area contributed by atoms with Gasteiger partial charge in [0.1, 0.15) is 17.5 Å². The Morgan fingerprint density at radius 2 is 1.72 bits per heavy atom. The number of nitrogens with two attached hydrogens (primary N) is 1. The number of aromatic nitrogens is 2. The molecule has 0 aliphatic heterocycles. The minimum atomic E-state index is -0.262. The smallest absolute Gasteiger partial charge is 0.133 e. The van der Waals surface area contributed by atoms with E-state index in [0.29, 0.717) is 11.6 Å². The molecule has 0 aliphatic carbocycles. The second kappa shape index (κ2) is 4.72. The van der Waals surface area contributed by atoms with Crippen LogP contribution < -0.4 is 5.73 Å². The fourth-order valence-corrected chi connectivity index (χ4v) is 1.70. The van der Waals surface area contributed by atoms with Crippen molar-refractivity contribution in [3.05, 3.63) is 41.5 Å². The van der Waals surface area contributed by atoms with Crippen molar-refractivity contribution in [3.8, 4) is 11.3 Å².